The zero-order valence-electron chi connectivity index (χ0n) is 12.4. The summed E-state index contributed by atoms with van der Waals surface area (Å²) in [5, 5.41) is 0. The zero-order chi connectivity index (χ0) is 14.0. The first-order valence-electron chi connectivity index (χ1n) is 7.32. The molecule has 19 heavy (non-hydrogen) atoms. The summed E-state index contributed by atoms with van der Waals surface area (Å²) in [6.07, 6.45) is 3.25. The minimum atomic E-state index is -0.217. The van der Waals surface area contributed by atoms with E-state index in [-0.39, 0.29) is 11.9 Å². The maximum absolute atomic E-state index is 12.2. The van der Waals surface area contributed by atoms with E-state index in [0.717, 1.165) is 37.3 Å². The average molecular weight is 264 g/mol. The van der Waals surface area contributed by atoms with Crippen molar-refractivity contribution < 1.29 is 9.53 Å². The number of hydrogen-bond donors (Lipinski definition) is 0. The molecule has 0 radical (unpaired) electrons. The van der Waals surface area contributed by atoms with Crippen molar-refractivity contribution in [1.29, 1.82) is 0 Å². The van der Waals surface area contributed by atoms with Gasteiger partial charge in [-0.25, -0.2) is 9.78 Å². The second-order valence-electron chi connectivity index (χ2n) is 5.62. The standard InChI is InChI=1S/C15H24N2O2/c1-5-19-15(18)14-13(11(4)10(2)3)16-12-8-6-7-9-17(12)14/h10-11H,5-9H2,1-4H3. The Balaban J connectivity index is 2.46. The maximum atomic E-state index is 12.2. The van der Waals surface area contributed by atoms with Crippen molar-refractivity contribution in [3.63, 3.8) is 0 Å². The Morgan fingerprint density at radius 3 is 2.74 bits per heavy atom. The summed E-state index contributed by atoms with van der Waals surface area (Å²) in [5.74, 6) is 1.57. The third kappa shape index (κ3) is 2.67. The summed E-state index contributed by atoms with van der Waals surface area (Å²) < 4.78 is 7.30. The van der Waals surface area contributed by atoms with Crippen molar-refractivity contribution in [2.45, 2.75) is 59.4 Å². The van der Waals surface area contributed by atoms with Gasteiger partial charge in [0, 0.05) is 18.9 Å². The van der Waals surface area contributed by atoms with Crippen LogP contribution in [0.2, 0.25) is 0 Å². The van der Waals surface area contributed by atoms with Crippen molar-refractivity contribution in [3.8, 4) is 0 Å². The lowest BCUT2D eigenvalue weighted by Gasteiger charge is -2.17. The smallest absolute Gasteiger partial charge is 0.356 e. The van der Waals surface area contributed by atoms with Crippen molar-refractivity contribution in [3.05, 3.63) is 17.2 Å². The van der Waals surface area contributed by atoms with Gasteiger partial charge in [-0.3, -0.25) is 0 Å². The molecule has 0 fully saturated rings. The third-order valence-corrected chi connectivity index (χ3v) is 4.01. The van der Waals surface area contributed by atoms with Crippen LogP contribution in [0.15, 0.2) is 0 Å². The molecule has 0 aromatic carbocycles. The molecule has 0 N–H and O–H groups in total. The van der Waals surface area contributed by atoms with E-state index in [0.29, 0.717) is 18.2 Å². The van der Waals surface area contributed by atoms with Gasteiger partial charge in [0.1, 0.15) is 5.82 Å². The first kappa shape index (κ1) is 14.1. The lowest BCUT2D eigenvalue weighted by Crippen LogP contribution is -2.19. The number of nitrogens with zero attached hydrogens (tertiary/aromatic N) is 2. The molecule has 1 unspecified atom stereocenters. The number of esters is 1. The third-order valence-electron chi connectivity index (χ3n) is 4.01. The molecule has 0 bridgehead atoms. The predicted molar refractivity (Wildman–Crippen MR) is 74.4 cm³/mol. The number of rotatable bonds is 4. The molecule has 1 aromatic heterocycles. The van der Waals surface area contributed by atoms with Crippen molar-refractivity contribution in [2.24, 2.45) is 5.92 Å². The molecule has 1 atom stereocenters. The molecule has 106 valence electrons. The number of aromatic nitrogens is 2. The zero-order valence-corrected chi connectivity index (χ0v) is 12.4. The van der Waals surface area contributed by atoms with Crippen LogP contribution in [-0.2, 0) is 17.7 Å². The number of aryl methyl sites for hydroxylation is 1. The Bertz CT molecular complexity index is 463. The van der Waals surface area contributed by atoms with Gasteiger partial charge in [0.25, 0.3) is 0 Å². The summed E-state index contributed by atoms with van der Waals surface area (Å²) in [4.78, 5) is 17.0. The molecule has 0 spiro atoms. The van der Waals surface area contributed by atoms with Gasteiger partial charge in [0.2, 0.25) is 0 Å². The highest BCUT2D eigenvalue weighted by atomic mass is 16.5. The number of carbonyl (C=O) groups is 1. The Morgan fingerprint density at radius 2 is 2.11 bits per heavy atom. The predicted octanol–water partition coefficient (Wildman–Crippen LogP) is 3.16. The summed E-state index contributed by atoms with van der Waals surface area (Å²) in [5.41, 5.74) is 1.61. The van der Waals surface area contributed by atoms with E-state index < -0.39 is 0 Å². The minimum Gasteiger partial charge on any atom is -0.461 e. The fraction of sp³-hybridized carbons (Fsp3) is 0.733. The van der Waals surface area contributed by atoms with Gasteiger partial charge < -0.3 is 9.30 Å². The van der Waals surface area contributed by atoms with Crippen molar-refractivity contribution >= 4 is 5.97 Å². The monoisotopic (exact) mass is 264 g/mol. The quantitative estimate of drug-likeness (QED) is 0.785. The van der Waals surface area contributed by atoms with E-state index in [2.05, 4.69) is 25.3 Å². The van der Waals surface area contributed by atoms with Gasteiger partial charge in [-0.15, -0.1) is 0 Å². The topological polar surface area (TPSA) is 44.1 Å². The summed E-state index contributed by atoms with van der Waals surface area (Å²) >= 11 is 0. The van der Waals surface area contributed by atoms with Crippen molar-refractivity contribution in [2.75, 3.05) is 6.61 Å². The van der Waals surface area contributed by atoms with E-state index in [1.54, 1.807) is 0 Å². The van der Waals surface area contributed by atoms with Crippen LogP contribution in [0.5, 0.6) is 0 Å². The fourth-order valence-electron chi connectivity index (χ4n) is 2.55. The van der Waals surface area contributed by atoms with Gasteiger partial charge >= 0.3 is 5.97 Å². The van der Waals surface area contributed by atoms with Crippen LogP contribution in [0.1, 0.15) is 68.5 Å². The largest absolute Gasteiger partial charge is 0.461 e. The van der Waals surface area contributed by atoms with Crippen LogP contribution >= 0.6 is 0 Å². The SMILES string of the molecule is CCOC(=O)c1c(C(C)C(C)C)nc2n1CCCC2. The van der Waals surface area contributed by atoms with E-state index in [1.165, 1.54) is 0 Å². The molecule has 0 saturated heterocycles. The van der Waals surface area contributed by atoms with Gasteiger partial charge in [-0.1, -0.05) is 20.8 Å². The van der Waals surface area contributed by atoms with E-state index in [9.17, 15) is 4.79 Å². The highest BCUT2D eigenvalue weighted by molar-refractivity contribution is 5.89. The van der Waals surface area contributed by atoms with Gasteiger partial charge in [-0.2, -0.15) is 0 Å². The number of imidazole rings is 1. The first-order chi connectivity index (χ1) is 9.06. The normalized spacial score (nSPS) is 16.3. The molecule has 2 heterocycles. The Labute approximate surface area is 115 Å². The van der Waals surface area contributed by atoms with E-state index >= 15 is 0 Å². The number of hydrogen-bond acceptors (Lipinski definition) is 3. The molecule has 4 heteroatoms. The van der Waals surface area contributed by atoms with E-state index in [1.807, 2.05) is 6.92 Å². The average Bonchev–Trinajstić information content (AvgIpc) is 2.77. The second kappa shape index (κ2) is 5.76. The molecule has 1 aliphatic heterocycles. The fourth-order valence-corrected chi connectivity index (χ4v) is 2.55. The molecule has 0 saturated carbocycles. The highest BCUT2D eigenvalue weighted by Crippen LogP contribution is 2.29. The van der Waals surface area contributed by atoms with Crippen LogP contribution in [0.4, 0.5) is 0 Å². The Morgan fingerprint density at radius 1 is 1.37 bits per heavy atom. The minimum absolute atomic E-state index is 0.217. The van der Waals surface area contributed by atoms with Gasteiger partial charge in [-0.05, 0) is 25.7 Å². The maximum Gasteiger partial charge on any atom is 0.356 e. The molecule has 0 aliphatic carbocycles. The Kier molecular flexibility index (Phi) is 4.27. The first-order valence-corrected chi connectivity index (χ1v) is 7.32. The van der Waals surface area contributed by atoms with Crippen molar-refractivity contribution in [1.82, 2.24) is 9.55 Å². The molecule has 1 aromatic rings. The molecular weight excluding hydrogens is 240 g/mol. The van der Waals surface area contributed by atoms with Crippen LogP contribution in [0, 0.1) is 5.92 Å². The van der Waals surface area contributed by atoms with E-state index in [4.69, 9.17) is 9.72 Å². The Hall–Kier alpha value is -1.32. The summed E-state index contributed by atoms with van der Waals surface area (Å²) in [6.45, 7) is 9.62. The van der Waals surface area contributed by atoms with Crippen LogP contribution in [-0.4, -0.2) is 22.1 Å². The lowest BCUT2D eigenvalue weighted by atomic mass is 9.93. The molecule has 0 amide bonds. The second-order valence-corrected chi connectivity index (χ2v) is 5.62. The van der Waals surface area contributed by atoms with Gasteiger partial charge in [0.15, 0.2) is 5.69 Å². The molecule has 1 aliphatic rings. The highest BCUT2D eigenvalue weighted by Gasteiger charge is 2.29. The van der Waals surface area contributed by atoms with Crippen LogP contribution < -0.4 is 0 Å². The molecular formula is C15H24N2O2. The lowest BCUT2D eigenvalue weighted by molar-refractivity contribution is 0.0510. The summed E-state index contributed by atoms with van der Waals surface area (Å²) in [6, 6.07) is 0. The summed E-state index contributed by atoms with van der Waals surface area (Å²) in [7, 11) is 0. The van der Waals surface area contributed by atoms with Crippen LogP contribution in [0.25, 0.3) is 0 Å². The number of fused-ring (bicyclic) bond motifs is 1. The molecule has 4 nitrogen and oxygen atoms in total. The number of carbonyl (C=O) groups excluding carboxylic acids is 1. The van der Waals surface area contributed by atoms with Crippen LogP contribution in [0.3, 0.4) is 0 Å². The number of ether oxygens (including phenoxy) is 1. The van der Waals surface area contributed by atoms with Gasteiger partial charge in [0.05, 0.1) is 12.3 Å². The molecule has 2 rings (SSSR count).